The van der Waals surface area contributed by atoms with Crippen LogP contribution in [0.4, 0.5) is 4.79 Å². The van der Waals surface area contributed by atoms with Crippen LogP contribution in [0.5, 0.6) is 5.88 Å². The van der Waals surface area contributed by atoms with E-state index in [9.17, 15) is 4.79 Å². The number of carbonyl (C=O) groups excluding carboxylic acids is 1. The highest BCUT2D eigenvalue weighted by atomic mass is 32.1. The Kier molecular flexibility index (Phi) is 4.21. The molecule has 1 aliphatic heterocycles. The van der Waals surface area contributed by atoms with Crippen molar-refractivity contribution in [2.75, 3.05) is 13.1 Å². The summed E-state index contributed by atoms with van der Waals surface area (Å²) in [6.45, 7) is 1.53. The summed E-state index contributed by atoms with van der Waals surface area (Å²) in [7, 11) is 0. The number of rotatable bonds is 4. The van der Waals surface area contributed by atoms with Crippen molar-refractivity contribution in [2.24, 2.45) is 0 Å². The van der Waals surface area contributed by atoms with E-state index in [2.05, 4.69) is 10.3 Å². The van der Waals surface area contributed by atoms with Gasteiger partial charge in [-0.15, -0.1) is 11.3 Å². The number of ether oxygens (including phenoxy) is 1. The van der Waals surface area contributed by atoms with Crippen LogP contribution >= 0.6 is 11.3 Å². The molecule has 0 aliphatic carbocycles. The number of carbonyl (C=O) groups is 1. The largest absolute Gasteiger partial charge is 0.470 e. The maximum absolute atomic E-state index is 11.9. The highest BCUT2D eigenvalue weighted by Crippen LogP contribution is 2.19. The zero-order chi connectivity index (χ0) is 15.4. The van der Waals surface area contributed by atoms with Crippen LogP contribution in [0.15, 0.2) is 35.8 Å². The Balaban J connectivity index is 1.46. The van der Waals surface area contributed by atoms with E-state index in [0.717, 1.165) is 4.88 Å². The van der Waals surface area contributed by atoms with Gasteiger partial charge in [-0.1, -0.05) is 6.07 Å². The van der Waals surface area contributed by atoms with Crippen LogP contribution in [0, 0.1) is 11.3 Å². The average molecular weight is 314 g/mol. The first kappa shape index (κ1) is 14.4. The van der Waals surface area contributed by atoms with Crippen molar-refractivity contribution in [2.45, 2.75) is 12.6 Å². The Labute approximate surface area is 132 Å². The summed E-state index contributed by atoms with van der Waals surface area (Å²) in [5.74, 6) is 0.327. The second-order valence-corrected chi connectivity index (χ2v) is 5.88. The number of nitrogens with zero attached hydrogens (tertiary/aromatic N) is 3. The number of urea groups is 1. The zero-order valence-corrected chi connectivity index (χ0v) is 12.5. The summed E-state index contributed by atoms with van der Waals surface area (Å²) in [5.41, 5.74) is 0.406. The lowest BCUT2D eigenvalue weighted by Gasteiger charge is -2.38. The van der Waals surface area contributed by atoms with E-state index in [1.165, 1.54) is 0 Å². The molecule has 0 radical (unpaired) electrons. The van der Waals surface area contributed by atoms with Crippen LogP contribution in [0.1, 0.15) is 10.4 Å². The smallest absolute Gasteiger partial charge is 0.317 e. The van der Waals surface area contributed by atoms with Gasteiger partial charge in [0, 0.05) is 11.1 Å². The van der Waals surface area contributed by atoms with Crippen LogP contribution in [-0.2, 0) is 6.54 Å². The van der Waals surface area contributed by atoms with E-state index in [-0.39, 0.29) is 12.1 Å². The van der Waals surface area contributed by atoms with Gasteiger partial charge in [0.05, 0.1) is 19.6 Å². The molecule has 2 amide bonds. The summed E-state index contributed by atoms with van der Waals surface area (Å²) < 4.78 is 5.65. The molecular formula is C15H14N4O2S. The number of amides is 2. The van der Waals surface area contributed by atoms with E-state index in [1.807, 2.05) is 23.6 Å². The molecule has 7 heteroatoms. The van der Waals surface area contributed by atoms with Crippen LogP contribution < -0.4 is 10.1 Å². The molecule has 22 heavy (non-hydrogen) atoms. The maximum atomic E-state index is 11.9. The molecule has 3 heterocycles. The van der Waals surface area contributed by atoms with Crippen molar-refractivity contribution < 1.29 is 9.53 Å². The number of nitriles is 1. The van der Waals surface area contributed by atoms with Crippen molar-refractivity contribution in [3.05, 3.63) is 46.3 Å². The molecule has 2 aromatic heterocycles. The van der Waals surface area contributed by atoms with Gasteiger partial charge in [-0.05, 0) is 23.6 Å². The summed E-state index contributed by atoms with van der Waals surface area (Å²) >= 11 is 1.61. The monoisotopic (exact) mass is 314 g/mol. The van der Waals surface area contributed by atoms with E-state index >= 15 is 0 Å². The van der Waals surface area contributed by atoms with Gasteiger partial charge in [0.15, 0.2) is 0 Å². The van der Waals surface area contributed by atoms with Gasteiger partial charge in [0.25, 0.3) is 0 Å². The van der Waals surface area contributed by atoms with Crippen LogP contribution in [-0.4, -0.2) is 35.1 Å². The fourth-order valence-electron chi connectivity index (χ4n) is 2.09. The molecule has 0 atom stereocenters. The predicted octanol–water partition coefficient (Wildman–Crippen LogP) is 1.99. The van der Waals surface area contributed by atoms with Crippen molar-refractivity contribution in [3.63, 3.8) is 0 Å². The molecule has 3 rings (SSSR count). The second-order valence-electron chi connectivity index (χ2n) is 4.85. The first-order valence-electron chi connectivity index (χ1n) is 6.83. The summed E-state index contributed by atoms with van der Waals surface area (Å²) in [6, 6.07) is 9.23. The normalized spacial score (nSPS) is 14.0. The van der Waals surface area contributed by atoms with E-state index in [0.29, 0.717) is 31.1 Å². The van der Waals surface area contributed by atoms with E-state index in [1.54, 1.807) is 34.6 Å². The summed E-state index contributed by atoms with van der Waals surface area (Å²) in [4.78, 5) is 18.8. The molecule has 0 bridgehead atoms. The molecule has 112 valence electrons. The lowest BCUT2D eigenvalue weighted by atomic mass is 10.2. The SMILES string of the molecule is N#Cc1cccnc1OC1CN(C(=O)NCc2cccs2)C1. The van der Waals surface area contributed by atoms with Crippen molar-refractivity contribution in [3.8, 4) is 11.9 Å². The van der Waals surface area contributed by atoms with Gasteiger partial charge in [-0.2, -0.15) is 5.26 Å². The molecule has 1 aliphatic rings. The van der Waals surface area contributed by atoms with E-state index < -0.39 is 0 Å². The lowest BCUT2D eigenvalue weighted by Crippen LogP contribution is -2.58. The van der Waals surface area contributed by atoms with Crippen molar-refractivity contribution >= 4 is 17.4 Å². The van der Waals surface area contributed by atoms with Gasteiger partial charge < -0.3 is 15.0 Å². The van der Waals surface area contributed by atoms with Crippen molar-refractivity contribution in [1.82, 2.24) is 15.2 Å². The number of pyridine rings is 1. The van der Waals surface area contributed by atoms with Crippen molar-refractivity contribution in [1.29, 1.82) is 5.26 Å². The molecule has 2 aromatic rings. The molecule has 6 nitrogen and oxygen atoms in total. The Morgan fingerprint density at radius 1 is 1.50 bits per heavy atom. The van der Waals surface area contributed by atoms with Gasteiger partial charge >= 0.3 is 6.03 Å². The molecule has 0 saturated carbocycles. The topological polar surface area (TPSA) is 78.2 Å². The van der Waals surface area contributed by atoms with Crippen LogP contribution in [0.2, 0.25) is 0 Å². The maximum Gasteiger partial charge on any atom is 0.317 e. The number of hydrogen-bond donors (Lipinski definition) is 1. The molecule has 0 spiro atoms. The standard InChI is InChI=1S/C15H14N4O2S/c16-7-11-3-1-5-17-14(11)21-12-9-19(10-12)15(20)18-8-13-4-2-6-22-13/h1-6,12H,8-10H2,(H,18,20). The van der Waals surface area contributed by atoms with Gasteiger partial charge in [0.1, 0.15) is 17.7 Å². The molecule has 1 saturated heterocycles. The molecule has 1 N–H and O–H groups in total. The van der Waals surface area contributed by atoms with E-state index in [4.69, 9.17) is 10.00 Å². The first-order chi connectivity index (χ1) is 10.8. The third-order valence-electron chi connectivity index (χ3n) is 3.30. The summed E-state index contributed by atoms with van der Waals surface area (Å²) in [5, 5.41) is 13.8. The van der Waals surface area contributed by atoms with Gasteiger partial charge in [-0.3, -0.25) is 0 Å². The first-order valence-corrected chi connectivity index (χ1v) is 7.71. The summed E-state index contributed by atoms with van der Waals surface area (Å²) in [6.07, 6.45) is 1.47. The van der Waals surface area contributed by atoms with Gasteiger partial charge in [-0.25, -0.2) is 9.78 Å². The highest BCUT2D eigenvalue weighted by molar-refractivity contribution is 7.09. The minimum atomic E-state index is -0.116. The number of hydrogen-bond acceptors (Lipinski definition) is 5. The Morgan fingerprint density at radius 3 is 3.09 bits per heavy atom. The quantitative estimate of drug-likeness (QED) is 0.936. The number of aromatic nitrogens is 1. The Morgan fingerprint density at radius 2 is 2.36 bits per heavy atom. The second kappa shape index (κ2) is 6.45. The predicted molar refractivity (Wildman–Crippen MR) is 81.5 cm³/mol. The third kappa shape index (κ3) is 3.18. The highest BCUT2D eigenvalue weighted by Gasteiger charge is 2.32. The zero-order valence-electron chi connectivity index (χ0n) is 11.7. The Hall–Kier alpha value is -2.59. The number of nitrogens with one attached hydrogen (secondary N) is 1. The van der Waals surface area contributed by atoms with Gasteiger partial charge in [0.2, 0.25) is 5.88 Å². The third-order valence-corrected chi connectivity index (χ3v) is 4.18. The minimum absolute atomic E-state index is 0.102. The fraction of sp³-hybridized carbons (Fsp3) is 0.267. The average Bonchev–Trinajstić information content (AvgIpc) is 3.02. The minimum Gasteiger partial charge on any atom is -0.470 e. The van der Waals surface area contributed by atoms with Crippen LogP contribution in [0.3, 0.4) is 0 Å². The molecule has 1 fully saturated rings. The fourth-order valence-corrected chi connectivity index (χ4v) is 2.74. The number of thiophene rings is 1. The lowest BCUT2D eigenvalue weighted by molar-refractivity contribution is 0.0411. The Bertz CT molecular complexity index is 690. The van der Waals surface area contributed by atoms with Crippen LogP contribution in [0.25, 0.3) is 0 Å². The molecule has 0 unspecified atom stereocenters. The molecule has 0 aromatic carbocycles. The number of likely N-dealkylation sites (tertiary alicyclic amines) is 1. The molecular weight excluding hydrogens is 300 g/mol.